The van der Waals surface area contributed by atoms with Crippen LogP contribution in [0.2, 0.25) is 5.15 Å². The van der Waals surface area contributed by atoms with E-state index in [-0.39, 0.29) is 11.9 Å². The number of likely N-dealkylation sites (tertiary alicyclic amines) is 1. The van der Waals surface area contributed by atoms with Crippen molar-refractivity contribution >= 4 is 17.4 Å². The molecule has 2 aliphatic heterocycles. The minimum Gasteiger partial charge on any atom is -0.381 e. The fourth-order valence-electron chi connectivity index (χ4n) is 4.81. The van der Waals surface area contributed by atoms with Gasteiger partial charge in [0.25, 0.3) is 0 Å². The van der Waals surface area contributed by atoms with Crippen LogP contribution in [0.3, 0.4) is 0 Å². The van der Waals surface area contributed by atoms with E-state index in [1.54, 1.807) is 0 Å². The van der Waals surface area contributed by atoms with Crippen LogP contribution in [0.25, 0.3) is 0 Å². The van der Waals surface area contributed by atoms with Crippen LogP contribution in [0.15, 0.2) is 6.07 Å². The van der Waals surface area contributed by atoms with E-state index in [1.807, 2.05) is 0 Å². The highest BCUT2D eigenvalue weighted by molar-refractivity contribution is 6.30. The van der Waals surface area contributed by atoms with Crippen LogP contribution < -0.4 is 5.32 Å². The summed E-state index contributed by atoms with van der Waals surface area (Å²) in [7, 11) is 0. The average molecular weight is 405 g/mol. The monoisotopic (exact) mass is 404 g/mol. The summed E-state index contributed by atoms with van der Waals surface area (Å²) < 4.78 is 44.3. The van der Waals surface area contributed by atoms with Gasteiger partial charge in [-0.05, 0) is 49.5 Å². The van der Waals surface area contributed by atoms with Crippen LogP contribution >= 0.6 is 11.6 Å². The van der Waals surface area contributed by atoms with Gasteiger partial charge in [0.15, 0.2) is 5.15 Å². The fourth-order valence-corrected chi connectivity index (χ4v) is 5.01. The number of nitrogens with zero attached hydrogens (tertiary/aromatic N) is 3. The molecular formula is C18H24ClF3N4O. The van der Waals surface area contributed by atoms with Gasteiger partial charge >= 0.3 is 6.18 Å². The second kappa shape index (κ2) is 7.72. The molecule has 3 heterocycles. The molecule has 150 valence electrons. The van der Waals surface area contributed by atoms with Crippen molar-refractivity contribution in [2.45, 2.75) is 37.9 Å². The lowest BCUT2D eigenvalue weighted by Crippen LogP contribution is -2.32. The van der Waals surface area contributed by atoms with Crippen LogP contribution in [0.5, 0.6) is 0 Å². The summed E-state index contributed by atoms with van der Waals surface area (Å²) in [5.41, 5.74) is -0.942. The standard InChI is InChI=1S/C18H24ClF3N4O/c19-17-15(18(20,21)22)7-16(24-25-17)23-14-5-12-9-26(10-13(12)6-14)8-11-1-3-27-4-2-11/h7,11-14H,1-6,8-10H2,(H,23,24)/t12-,13+,14+. The molecular weight excluding hydrogens is 381 g/mol. The smallest absolute Gasteiger partial charge is 0.381 e. The first-order chi connectivity index (χ1) is 12.9. The zero-order valence-electron chi connectivity index (χ0n) is 15.0. The fraction of sp³-hybridized carbons (Fsp3) is 0.778. The van der Waals surface area contributed by atoms with E-state index in [1.165, 1.54) is 0 Å². The maximum absolute atomic E-state index is 13.0. The summed E-state index contributed by atoms with van der Waals surface area (Å²) in [6.07, 6.45) is -0.318. The Labute approximate surface area is 161 Å². The minimum atomic E-state index is -4.53. The Hall–Kier alpha value is -1.12. The Balaban J connectivity index is 1.30. The molecule has 0 bridgehead atoms. The third-order valence-electron chi connectivity index (χ3n) is 6.09. The van der Waals surface area contributed by atoms with Crippen molar-refractivity contribution in [3.8, 4) is 0 Å². The number of hydrogen-bond donors (Lipinski definition) is 1. The van der Waals surface area contributed by atoms with Crippen molar-refractivity contribution < 1.29 is 17.9 Å². The van der Waals surface area contributed by atoms with Gasteiger partial charge in [-0.2, -0.15) is 13.2 Å². The topological polar surface area (TPSA) is 50.3 Å². The van der Waals surface area contributed by atoms with Crippen LogP contribution in [0.1, 0.15) is 31.2 Å². The average Bonchev–Trinajstić information content (AvgIpc) is 3.14. The molecule has 27 heavy (non-hydrogen) atoms. The molecule has 4 rings (SSSR count). The van der Waals surface area contributed by atoms with E-state index >= 15 is 0 Å². The first kappa shape index (κ1) is 19.2. The lowest BCUT2D eigenvalue weighted by atomic mass is 10.00. The second-order valence-corrected chi connectivity index (χ2v) is 8.40. The number of hydrogen-bond acceptors (Lipinski definition) is 5. The number of alkyl halides is 3. The Kier molecular flexibility index (Phi) is 5.49. The molecule has 5 nitrogen and oxygen atoms in total. The van der Waals surface area contributed by atoms with Crippen molar-refractivity contribution in [2.24, 2.45) is 17.8 Å². The van der Waals surface area contributed by atoms with E-state index in [4.69, 9.17) is 16.3 Å². The summed E-state index contributed by atoms with van der Waals surface area (Å²) in [5, 5.41) is 9.77. The third kappa shape index (κ3) is 4.49. The molecule has 0 spiro atoms. The van der Waals surface area contributed by atoms with Gasteiger partial charge in [0, 0.05) is 38.9 Å². The molecule has 0 unspecified atom stereocenters. The van der Waals surface area contributed by atoms with E-state index < -0.39 is 16.9 Å². The van der Waals surface area contributed by atoms with Gasteiger partial charge in [-0.1, -0.05) is 11.6 Å². The molecule has 1 aliphatic carbocycles. The first-order valence-electron chi connectivity index (χ1n) is 9.55. The summed E-state index contributed by atoms with van der Waals surface area (Å²) in [5.74, 6) is 2.08. The normalized spacial score (nSPS) is 29.9. The molecule has 0 radical (unpaired) electrons. The van der Waals surface area contributed by atoms with E-state index in [0.717, 1.165) is 70.5 Å². The molecule has 3 fully saturated rings. The molecule has 9 heteroatoms. The number of aromatic nitrogens is 2. The molecule has 0 amide bonds. The van der Waals surface area contributed by atoms with Gasteiger partial charge in [-0.3, -0.25) is 0 Å². The van der Waals surface area contributed by atoms with Crippen LogP contribution in [0, 0.1) is 17.8 Å². The summed E-state index contributed by atoms with van der Waals surface area (Å²) >= 11 is 5.54. The predicted molar refractivity (Wildman–Crippen MR) is 95.7 cm³/mol. The lowest BCUT2D eigenvalue weighted by Gasteiger charge is -2.27. The van der Waals surface area contributed by atoms with Gasteiger partial charge in [0.2, 0.25) is 0 Å². The number of rotatable bonds is 4. The molecule has 3 aliphatic rings. The van der Waals surface area contributed by atoms with Crippen LogP contribution in [-0.2, 0) is 10.9 Å². The van der Waals surface area contributed by atoms with Crippen LogP contribution in [0.4, 0.5) is 19.0 Å². The SMILES string of the molecule is FC(F)(F)c1cc(N[C@H]2C[C@@H]3CN(CC4CCOCC4)C[C@@H]3C2)nnc1Cl. The van der Waals surface area contributed by atoms with Gasteiger partial charge in [0.05, 0.1) is 5.56 Å². The van der Waals surface area contributed by atoms with E-state index in [0.29, 0.717) is 11.8 Å². The maximum atomic E-state index is 13.0. The number of anilines is 1. The van der Waals surface area contributed by atoms with E-state index in [9.17, 15) is 13.2 Å². The highest BCUT2D eigenvalue weighted by atomic mass is 35.5. The number of nitrogens with one attached hydrogen (secondary N) is 1. The minimum absolute atomic E-state index is 0.141. The predicted octanol–water partition coefficient (Wildman–Crippen LogP) is 3.70. The summed E-state index contributed by atoms with van der Waals surface area (Å²) in [4.78, 5) is 2.56. The molecule has 1 aromatic heterocycles. The van der Waals surface area contributed by atoms with Gasteiger partial charge in [-0.15, -0.1) is 10.2 Å². The zero-order valence-corrected chi connectivity index (χ0v) is 15.8. The third-order valence-corrected chi connectivity index (χ3v) is 6.37. The van der Waals surface area contributed by atoms with Gasteiger partial charge in [0.1, 0.15) is 5.82 Å². The van der Waals surface area contributed by atoms with Crippen molar-refractivity contribution in [1.29, 1.82) is 0 Å². The first-order valence-corrected chi connectivity index (χ1v) is 9.93. The van der Waals surface area contributed by atoms with Crippen LogP contribution in [-0.4, -0.2) is 54.0 Å². The summed E-state index contributed by atoms with van der Waals surface area (Å²) in [6, 6.07) is 1.10. The largest absolute Gasteiger partial charge is 0.419 e. The van der Waals surface area contributed by atoms with Gasteiger partial charge < -0.3 is 15.0 Å². The molecule has 1 aromatic rings. The zero-order chi connectivity index (χ0) is 19.0. The van der Waals surface area contributed by atoms with Crippen molar-refractivity contribution in [3.63, 3.8) is 0 Å². The number of ether oxygens (including phenoxy) is 1. The maximum Gasteiger partial charge on any atom is 0.419 e. The molecule has 2 saturated heterocycles. The van der Waals surface area contributed by atoms with Crippen molar-refractivity contribution in [1.82, 2.24) is 15.1 Å². The quantitative estimate of drug-likeness (QED) is 0.829. The second-order valence-electron chi connectivity index (χ2n) is 8.04. The Morgan fingerprint density at radius 2 is 1.81 bits per heavy atom. The molecule has 1 N–H and O–H groups in total. The number of halogens is 4. The molecule has 3 atom stereocenters. The highest BCUT2D eigenvalue weighted by Crippen LogP contribution is 2.40. The lowest BCUT2D eigenvalue weighted by molar-refractivity contribution is -0.137. The van der Waals surface area contributed by atoms with E-state index in [2.05, 4.69) is 20.4 Å². The highest BCUT2D eigenvalue weighted by Gasteiger charge is 2.41. The number of fused-ring (bicyclic) bond motifs is 1. The molecule has 1 saturated carbocycles. The Morgan fingerprint density at radius 3 is 2.44 bits per heavy atom. The van der Waals surface area contributed by atoms with Crippen molar-refractivity contribution in [3.05, 3.63) is 16.8 Å². The Bertz CT molecular complexity index is 654. The Morgan fingerprint density at radius 1 is 1.15 bits per heavy atom. The molecule has 0 aromatic carbocycles. The van der Waals surface area contributed by atoms with Gasteiger partial charge in [-0.25, -0.2) is 0 Å². The van der Waals surface area contributed by atoms with Crippen molar-refractivity contribution in [2.75, 3.05) is 38.2 Å². The summed E-state index contributed by atoms with van der Waals surface area (Å²) in [6.45, 7) is 5.06.